The molecule has 0 radical (unpaired) electrons. The molecule has 1 amide bonds. The smallest absolute Gasteiger partial charge is 0.235 e. The van der Waals surface area contributed by atoms with E-state index in [0.717, 1.165) is 63.1 Å². The summed E-state index contributed by atoms with van der Waals surface area (Å²) in [4.78, 5) is 21.7. The molecule has 1 atom stereocenters. The fraction of sp³-hybridized carbons (Fsp3) is 0.440. The van der Waals surface area contributed by atoms with Gasteiger partial charge in [0, 0.05) is 26.2 Å². The Labute approximate surface area is 204 Å². The maximum atomic E-state index is 12.4. The van der Waals surface area contributed by atoms with Gasteiger partial charge in [-0.2, -0.15) is 10.5 Å². The third kappa shape index (κ3) is 5.18. The molecule has 2 fully saturated rings. The summed E-state index contributed by atoms with van der Waals surface area (Å²) >= 11 is 1.20. The van der Waals surface area contributed by atoms with Gasteiger partial charge in [-0.15, -0.1) is 0 Å². The van der Waals surface area contributed by atoms with Crippen molar-refractivity contribution in [2.24, 2.45) is 11.5 Å². The number of primary amides is 1. The molecule has 4 rings (SSSR count). The first-order chi connectivity index (χ1) is 16.6. The molecule has 1 aromatic carbocycles. The van der Waals surface area contributed by atoms with E-state index >= 15 is 0 Å². The van der Waals surface area contributed by atoms with Gasteiger partial charge in [-0.25, -0.2) is 4.98 Å². The molecule has 2 aliphatic rings. The van der Waals surface area contributed by atoms with E-state index in [-0.39, 0.29) is 5.92 Å². The van der Waals surface area contributed by atoms with Crippen molar-refractivity contribution in [1.29, 1.82) is 10.5 Å². The van der Waals surface area contributed by atoms with Gasteiger partial charge in [0.25, 0.3) is 0 Å². The zero-order valence-electron chi connectivity index (χ0n) is 19.1. The predicted molar refractivity (Wildman–Crippen MR) is 132 cm³/mol. The Hall–Kier alpha value is -3.11. The highest BCUT2D eigenvalue weighted by atomic mass is 32.2. The lowest BCUT2D eigenvalue weighted by atomic mass is 9.99. The molecular weight excluding hydrogens is 446 g/mol. The maximum absolute atomic E-state index is 12.4. The minimum atomic E-state index is -0.679. The van der Waals surface area contributed by atoms with Crippen molar-refractivity contribution in [3.63, 3.8) is 0 Å². The number of carbonyl (C=O) groups excluding carboxylic acids is 1. The number of aromatic nitrogens is 1. The number of anilines is 1. The van der Waals surface area contributed by atoms with Crippen LogP contribution in [0.5, 0.6) is 0 Å². The molecule has 4 N–H and O–H groups in total. The summed E-state index contributed by atoms with van der Waals surface area (Å²) in [6, 6.07) is 13.9. The lowest BCUT2D eigenvalue weighted by molar-refractivity contribution is -0.117. The van der Waals surface area contributed by atoms with E-state index in [2.05, 4.69) is 21.9 Å². The third-order valence-corrected chi connectivity index (χ3v) is 7.59. The molecule has 1 saturated carbocycles. The Bertz CT molecular complexity index is 1110. The zero-order chi connectivity index (χ0) is 24.1. The van der Waals surface area contributed by atoms with E-state index in [9.17, 15) is 15.3 Å². The molecule has 9 heteroatoms. The summed E-state index contributed by atoms with van der Waals surface area (Å²) in [5.41, 5.74) is 13.9. The number of nitrogens with two attached hydrogens (primary N) is 2. The number of benzene rings is 1. The van der Waals surface area contributed by atoms with Gasteiger partial charge in [-0.1, -0.05) is 42.1 Å². The third-order valence-electron chi connectivity index (χ3n) is 6.33. The summed E-state index contributed by atoms with van der Waals surface area (Å²) in [6.07, 6.45) is 2.85. The van der Waals surface area contributed by atoms with Crippen LogP contribution in [0.3, 0.4) is 0 Å². The van der Waals surface area contributed by atoms with E-state index in [1.54, 1.807) is 0 Å². The van der Waals surface area contributed by atoms with Crippen LogP contribution in [0.25, 0.3) is 0 Å². The number of nitriles is 2. The number of rotatable bonds is 9. The van der Waals surface area contributed by atoms with Crippen molar-refractivity contribution >= 4 is 23.5 Å². The number of piperazine rings is 1. The topological polar surface area (TPSA) is 136 Å². The van der Waals surface area contributed by atoms with Gasteiger partial charge in [-0.05, 0) is 49.4 Å². The van der Waals surface area contributed by atoms with Crippen molar-refractivity contribution in [3.8, 4) is 12.1 Å². The molecule has 1 unspecified atom stereocenters. The van der Waals surface area contributed by atoms with Crippen LogP contribution in [-0.4, -0.2) is 55.1 Å². The van der Waals surface area contributed by atoms with E-state index in [0.29, 0.717) is 28.5 Å². The second-order valence-electron chi connectivity index (χ2n) is 8.68. The number of pyridine rings is 1. The first-order valence-corrected chi connectivity index (χ1v) is 12.5. The first kappa shape index (κ1) is 24.0. The lowest BCUT2D eigenvalue weighted by Gasteiger charge is -2.36. The van der Waals surface area contributed by atoms with Crippen molar-refractivity contribution < 1.29 is 4.79 Å². The van der Waals surface area contributed by atoms with Gasteiger partial charge in [0.1, 0.15) is 28.2 Å². The highest BCUT2D eigenvalue weighted by Gasteiger charge is 2.35. The molecule has 1 saturated heterocycles. The summed E-state index contributed by atoms with van der Waals surface area (Å²) < 4.78 is 0. The summed E-state index contributed by atoms with van der Waals surface area (Å²) in [5, 5.41) is 20.0. The standard InChI is InChI=1S/C25H29N7OS/c26-9-4-10-31-11-13-32(14-12-31)24-19(15-27)21(17-7-8-17)20(16-28)25(30-24)34-22(23(29)33)18-5-2-1-3-6-18/h1-3,5-6,17,22H,4,7-14,26H2,(H2,29,33). The molecule has 0 bridgehead atoms. The van der Waals surface area contributed by atoms with E-state index in [1.165, 1.54) is 11.8 Å². The molecule has 1 aliphatic heterocycles. The summed E-state index contributed by atoms with van der Waals surface area (Å²) in [7, 11) is 0. The fourth-order valence-electron chi connectivity index (χ4n) is 4.41. The number of carbonyl (C=O) groups is 1. The molecule has 2 heterocycles. The second kappa shape index (κ2) is 10.9. The number of hydrogen-bond donors (Lipinski definition) is 2. The van der Waals surface area contributed by atoms with Crippen molar-refractivity contribution in [2.45, 2.75) is 35.5 Å². The van der Waals surface area contributed by atoms with Gasteiger partial charge in [-0.3, -0.25) is 9.69 Å². The summed E-state index contributed by atoms with van der Waals surface area (Å²) in [6.45, 7) is 4.84. The summed E-state index contributed by atoms with van der Waals surface area (Å²) in [5.74, 6) is 0.301. The minimum Gasteiger partial charge on any atom is -0.368 e. The molecular formula is C25H29N7OS. The van der Waals surface area contributed by atoms with Gasteiger partial charge < -0.3 is 16.4 Å². The Balaban J connectivity index is 1.72. The zero-order valence-corrected chi connectivity index (χ0v) is 19.9. The van der Waals surface area contributed by atoms with Crippen LogP contribution in [0.4, 0.5) is 5.82 Å². The Morgan fingerprint density at radius 1 is 1.12 bits per heavy atom. The van der Waals surface area contributed by atoms with Crippen LogP contribution in [0.1, 0.15) is 52.7 Å². The van der Waals surface area contributed by atoms with E-state index < -0.39 is 11.2 Å². The normalized spacial score (nSPS) is 17.1. The average molecular weight is 476 g/mol. The number of hydrogen-bond acceptors (Lipinski definition) is 8. The molecule has 176 valence electrons. The molecule has 1 aromatic heterocycles. The average Bonchev–Trinajstić information content (AvgIpc) is 3.71. The maximum Gasteiger partial charge on any atom is 0.235 e. The highest BCUT2D eigenvalue weighted by Crippen LogP contribution is 2.48. The van der Waals surface area contributed by atoms with Crippen LogP contribution in [0.2, 0.25) is 0 Å². The SMILES string of the molecule is N#Cc1c(SC(C(N)=O)c2ccccc2)nc(N2CCN(CCCN)CC2)c(C#N)c1C1CC1. The highest BCUT2D eigenvalue weighted by molar-refractivity contribution is 8.00. The Kier molecular flexibility index (Phi) is 7.69. The van der Waals surface area contributed by atoms with Gasteiger partial charge >= 0.3 is 0 Å². The molecule has 0 spiro atoms. The lowest BCUT2D eigenvalue weighted by Crippen LogP contribution is -2.47. The number of nitrogens with zero attached hydrogens (tertiary/aromatic N) is 5. The molecule has 34 heavy (non-hydrogen) atoms. The van der Waals surface area contributed by atoms with Crippen LogP contribution in [0.15, 0.2) is 35.4 Å². The second-order valence-corrected chi connectivity index (χ2v) is 9.78. The molecule has 8 nitrogen and oxygen atoms in total. The predicted octanol–water partition coefficient (Wildman–Crippen LogP) is 2.49. The number of thioether (sulfide) groups is 1. The Morgan fingerprint density at radius 2 is 1.79 bits per heavy atom. The van der Waals surface area contributed by atoms with Crippen molar-refractivity contribution in [2.75, 3.05) is 44.2 Å². The van der Waals surface area contributed by atoms with E-state index in [4.69, 9.17) is 16.5 Å². The van der Waals surface area contributed by atoms with Gasteiger partial charge in [0.2, 0.25) is 5.91 Å². The van der Waals surface area contributed by atoms with Gasteiger partial charge in [0.15, 0.2) is 0 Å². The first-order valence-electron chi connectivity index (χ1n) is 11.6. The van der Waals surface area contributed by atoms with Crippen LogP contribution < -0.4 is 16.4 Å². The minimum absolute atomic E-state index is 0.181. The quantitative estimate of drug-likeness (QED) is 0.528. The fourth-order valence-corrected chi connectivity index (χ4v) is 5.45. The van der Waals surface area contributed by atoms with E-state index in [1.807, 2.05) is 30.3 Å². The van der Waals surface area contributed by atoms with Crippen molar-refractivity contribution in [3.05, 3.63) is 52.6 Å². The van der Waals surface area contributed by atoms with Crippen molar-refractivity contribution in [1.82, 2.24) is 9.88 Å². The number of amides is 1. The largest absolute Gasteiger partial charge is 0.368 e. The molecule has 1 aliphatic carbocycles. The van der Waals surface area contributed by atoms with Gasteiger partial charge in [0.05, 0.1) is 11.1 Å². The molecule has 2 aromatic rings. The van der Waals surface area contributed by atoms with Crippen LogP contribution in [0, 0.1) is 22.7 Å². The van der Waals surface area contributed by atoms with Crippen LogP contribution in [-0.2, 0) is 4.79 Å². The van der Waals surface area contributed by atoms with Crippen LogP contribution >= 0.6 is 11.8 Å². The monoisotopic (exact) mass is 475 g/mol. The Morgan fingerprint density at radius 3 is 2.35 bits per heavy atom.